The summed E-state index contributed by atoms with van der Waals surface area (Å²) in [6.07, 6.45) is 11.0. The van der Waals surface area contributed by atoms with E-state index >= 15 is 0 Å². The van der Waals surface area contributed by atoms with Gasteiger partial charge in [0.15, 0.2) is 5.79 Å². The Balaban J connectivity index is 2.77. The maximum atomic E-state index is 5.92. The lowest BCUT2D eigenvalue weighted by Gasteiger charge is -2.39. The van der Waals surface area contributed by atoms with Crippen molar-refractivity contribution in [1.29, 1.82) is 0 Å². The smallest absolute Gasteiger partial charge is 0.174 e. The van der Waals surface area contributed by atoms with Crippen molar-refractivity contribution in [3.63, 3.8) is 0 Å². The van der Waals surface area contributed by atoms with Gasteiger partial charge in [-0.15, -0.1) is 0 Å². The molecule has 0 heterocycles. The number of unbranched alkanes of at least 4 members (excludes halogenated alkanes) is 5. The number of hydrogen-bond donors (Lipinski definition) is 0. The minimum atomic E-state index is -0.500. The summed E-state index contributed by atoms with van der Waals surface area (Å²) in [5.74, 6) is -0.204. The van der Waals surface area contributed by atoms with Crippen LogP contribution in [-0.4, -0.2) is 20.0 Å². The van der Waals surface area contributed by atoms with E-state index in [4.69, 9.17) is 9.47 Å². The molecule has 1 atom stereocenters. The third-order valence-electron chi connectivity index (χ3n) is 4.87. The Hall–Kier alpha value is -0.860. The second-order valence-electron chi connectivity index (χ2n) is 6.49. The molecule has 1 rings (SSSR count). The summed E-state index contributed by atoms with van der Waals surface area (Å²) in [7, 11) is 3.58. The van der Waals surface area contributed by atoms with E-state index in [2.05, 4.69) is 44.2 Å². The third-order valence-corrected chi connectivity index (χ3v) is 4.87. The van der Waals surface area contributed by atoms with Crippen LogP contribution < -0.4 is 0 Å². The van der Waals surface area contributed by atoms with Gasteiger partial charge >= 0.3 is 0 Å². The summed E-state index contributed by atoms with van der Waals surface area (Å²) in [5.41, 5.74) is 1.33. The largest absolute Gasteiger partial charge is 0.353 e. The van der Waals surface area contributed by atoms with Gasteiger partial charge in [0, 0.05) is 26.6 Å². The molecular formula is C21H36O2. The molecule has 0 amide bonds. The maximum absolute atomic E-state index is 5.92. The van der Waals surface area contributed by atoms with Crippen LogP contribution in [0.1, 0.15) is 83.1 Å². The Kier molecular flexibility index (Phi) is 10.2. The van der Waals surface area contributed by atoms with E-state index < -0.39 is 5.79 Å². The number of rotatable bonds is 13. The lowest BCUT2D eigenvalue weighted by atomic mass is 9.83. The molecule has 0 fully saturated rings. The zero-order valence-electron chi connectivity index (χ0n) is 15.6. The van der Waals surface area contributed by atoms with E-state index in [9.17, 15) is 0 Å². The molecule has 132 valence electrons. The van der Waals surface area contributed by atoms with Gasteiger partial charge in [-0.2, -0.15) is 0 Å². The normalized spacial score (nSPS) is 13.2. The number of benzene rings is 1. The van der Waals surface area contributed by atoms with Gasteiger partial charge in [-0.25, -0.2) is 0 Å². The summed E-state index contributed by atoms with van der Waals surface area (Å²) in [6.45, 7) is 4.46. The molecule has 0 N–H and O–H groups in total. The van der Waals surface area contributed by atoms with Crippen LogP contribution in [0.4, 0.5) is 0 Å². The van der Waals surface area contributed by atoms with Crippen LogP contribution in [0.2, 0.25) is 0 Å². The van der Waals surface area contributed by atoms with Crippen molar-refractivity contribution in [3.8, 4) is 0 Å². The first-order valence-corrected chi connectivity index (χ1v) is 9.39. The first-order chi connectivity index (χ1) is 11.2. The zero-order valence-corrected chi connectivity index (χ0v) is 15.6. The molecule has 0 radical (unpaired) electrons. The molecule has 1 aromatic carbocycles. The van der Waals surface area contributed by atoms with Crippen molar-refractivity contribution in [2.45, 2.75) is 83.3 Å². The molecule has 0 aliphatic rings. The van der Waals surface area contributed by atoms with Crippen LogP contribution in [0.25, 0.3) is 0 Å². The first kappa shape index (κ1) is 20.2. The van der Waals surface area contributed by atoms with Gasteiger partial charge in [-0.3, -0.25) is 0 Å². The SMILES string of the molecule is CCCCCCCCC(c1ccccc1)C(CCC)(OC)OC. The minimum Gasteiger partial charge on any atom is -0.353 e. The highest BCUT2D eigenvalue weighted by Gasteiger charge is 2.38. The average molecular weight is 321 g/mol. The Bertz CT molecular complexity index is 384. The van der Waals surface area contributed by atoms with Gasteiger partial charge < -0.3 is 9.47 Å². The van der Waals surface area contributed by atoms with Crippen LogP contribution >= 0.6 is 0 Å². The summed E-state index contributed by atoms with van der Waals surface area (Å²) < 4.78 is 11.8. The highest BCUT2D eigenvalue weighted by Crippen LogP contribution is 2.39. The Morgan fingerprint density at radius 2 is 1.43 bits per heavy atom. The minimum absolute atomic E-state index is 0.296. The Labute approximate surface area is 143 Å². The molecule has 0 aliphatic carbocycles. The summed E-state index contributed by atoms with van der Waals surface area (Å²) in [4.78, 5) is 0. The second-order valence-corrected chi connectivity index (χ2v) is 6.49. The van der Waals surface area contributed by atoms with E-state index in [-0.39, 0.29) is 0 Å². The molecule has 1 aromatic rings. The van der Waals surface area contributed by atoms with Crippen molar-refractivity contribution in [2.24, 2.45) is 0 Å². The van der Waals surface area contributed by atoms with E-state index in [0.717, 1.165) is 19.3 Å². The van der Waals surface area contributed by atoms with Crippen molar-refractivity contribution >= 4 is 0 Å². The van der Waals surface area contributed by atoms with Crippen LogP contribution in [0, 0.1) is 0 Å². The van der Waals surface area contributed by atoms with Crippen LogP contribution in [0.3, 0.4) is 0 Å². The Morgan fingerprint density at radius 3 is 2.00 bits per heavy atom. The summed E-state index contributed by atoms with van der Waals surface area (Å²) in [5, 5.41) is 0. The molecule has 0 aromatic heterocycles. The second kappa shape index (κ2) is 11.6. The highest BCUT2D eigenvalue weighted by molar-refractivity contribution is 5.22. The average Bonchev–Trinajstić information content (AvgIpc) is 2.60. The van der Waals surface area contributed by atoms with Crippen molar-refractivity contribution in [2.75, 3.05) is 14.2 Å². The quantitative estimate of drug-likeness (QED) is 0.313. The molecular weight excluding hydrogens is 284 g/mol. The standard InChI is InChI=1S/C21H36O2/c1-5-7-8-9-10-14-17-20(19-15-12-11-13-16-19)21(22-3,23-4)18-6-2/h11-13,15-16,20H,5-10,14,17-18H2,1-4H3. The number of ether oxygens (including phenoxy) is 2. The molecule has 1 unspecified atom stereocenters. The van der Waals surface area contributed by atoms with E-state index in [1.165, 1.54) is 44.1 Å². The molecule has 0 saturated carbocycles. The van der Waals surface area contributed by atoms with E-state index in [1.54, 1.807) is 14.2 Å². The monoisotopic (exact) mass is 320 g/mol. The fraction of sp³-hybridized carbons (Fsp3) is 0.714. The molecule has 0 saturated heterocycles. The van der Waals surface area contributed by atoms with Gasteiger partial charge in [0.2, 0.25) is 0 Å². The van der Waals surface area contributed by atoms with Gasteiger partial charge in [0.25, 0.3) is 0 Å². The fourth-order valence-corrected chi connectivity index (χ4v) is 3.55. The molecule has 2 nitrogen and oxygen atoms in total. The highest BCUT2D eigenvalue weighted by atomic mass is 16.7. The summed E-state index contributed by atoms with van der Waals surface area (Å²) >= 11 is 0. The van der Waals surface area contributed by atoms with Crippen LogP contribution in [0.5, 0.6) is 0 Å². The number of hydrogen-bond acceptors (Lipinski definition) is 2. The van der Waals surface area contributed by atoms with E-state index in [0.29, 0.717) is 5.92 Å². The molecule has 23 heavy (non-hydrogen) atoms. The van der Waals surface area contributed by atoms with Crippen molar-refractivity contribution < 1.29 is 9.47 Å². The molecule has 2 heteroatoms. The zero-order chi connectivity index (χ0) is 17.0. The van der Waals surface area contributed by atoms with Crippen LogP contribution in [0.15, 0.2) is 30.3 Å². The van der Waals surface area contributed by atoms with E-state index in [1.807, 2.05) is 0 Å². The third kappa shape index (κ3) is 6.27. The van der Waals surface area contributed by atoms with Gasteiger partial charge in [0.1, 0.15) is 0 Å². The van der Waals surface area contributed by atoms with Crippen LogP contribution in [-0.2, 0) is 9.47 Å². The van der Waals surface area contributed by atoms with Crippen molar-refractivity contribution in [3.05, 3.63) is 35.9 Å². The predicted octanol–water partition coefficient (Wildman–Crippen LogP) is 6.31. The Morgan fingerprint density at radius 1 is 0.826 bits per heavy atom. The maximum Gasteiger partial charge on any atom is 0.174 e. The lowest BCUT2D eigenvalue weighted by molar-refractivity contribution is -0.227. The van der Waals surface area contributed by atoms with Gasteiger partial charge in [0.05, 0.1) is 0 Å². The number of methoxy groups -OCH3 is 2. The molecule has 0 spiro atoms. The lowest BCUT2D eigenvalue weighted by Crippen LogP contribution is -2.40. The van der Waals surface area contributed by atoms with Crippen molar-refractivity contribution in [1.82, 2.24) is 0 Å². The first-order valence-electron chi connectivity index (χ1n) is 9.39. The molecule has 0 bridgehead atoms. The summed E-state index contributed by atoms with van der Waals surface area (Å²) in [6, 6.07) is 10.7. The molecule has 0 aliphatic heterocycles. The fourth-order valence-electron chi connectivity index (χ4n) is 3.55. The topological polar surface area (TPSA) is 18.5 Å². The predicted molar refractivity (Wildman–Crippen MR) is 98.8 cm³/mol. The van der Waals surface area contributed by atoms with Gasteiger partial charge in [-0.05, 0) is 12.0 Å². The van der Waals surface area contributed by atoms with Gasteiger partial charge in [-0.1, -0.05) is 89.1 Å².